The number of benzene rings is 1. The number of piperidine rings is 2. The number of carbonyl (C=O) groups excluding carboxylic acids is 1. The molecular formula is C31H41F2N7O4. The van der Waals surface area contributed by atoms with Gasteiger partial charge in [0.25, 0.3) is 0 Å². The first-order valence-corrected chi connectivity index (χ1v) is 15.2. The molecule has 3 atom stereocenters. The van der Waals surface area contributed by atoms with E-state index in [-0.39, 0.29) is 18.2 Å². The monoisotopic (exact) mass is 613 g/mol. The van der Waals surface area contributed by atoms with E-state index in [0.717, 1.165) is 44.5 Å². The van der Waals surface area contributed by atoms with Crippen LogP contribution >= 0.6 is 0 Å². The number of aromatic nitrogens is 4. The van der Waals surface area contributed by atoms with Crippen molar-refractivity contribution in [3.8, 4) is 5.75 Å². The molecule has 2 saturated heterocycles. The predicted octanol–water partition coefficient (Wildman–Crippen LogP) is 5.27. The van der Waals surface area contributed by atoms with Gasteiger partial charge in [-0.25, -0.2) is 23.5 Å². The lowest BCUT2D eigenvalue weighted by atomic mass is 9.85. The fourth-order valence-corrected chi connectivity index (χ4v) is 5.83. The highest BCUT2D eigenvalue weighted by Crippen LogP contribution is 2.33. The number of halogens is 2. The standard InChI is InChI=1S/C31H41F2N7O4/c1-6-27-37-29(44-38-27)39-12-9-20(10-13-39)19(2)42-22-16-34-28(35-17-22)40-14-11-23(24-15-21(32)7-8-25(24)33)26(18-40)36-30(41)43-31(3,4)5/h7-8,15-17,19-20,23,26H,6,9-14,18H2,1-5H3,(H,36,41)/t19-,23+,26-/m0/s1. The molecule has 3 aromatic rings. The van der Waals surface area contributed by atoms with Crippen LogP contribution in [0.4, 0.5) is 25.5 Å². The van der Waals surface area contributed by atoms with Crippen LogP contribution in [0.2, 0.25) is 0 Å². The Kier molecular flexibility index (Phi) is 9.50. The van der Waals surface area contributed by atoms with Crippen molar-refractivity contribution < 1.29 is 27.6 Å². The highest BCUT2D eigenvalue weighted by Gasteiger charge is 2.35. The number of ether oxygens (including phenoxy) is 2. The molecule has 13 heteroatoms. The minimum absolute atomic E-state index is 0.0418. The van der Waals surface area contributed by atoms with Gasteiger partial charge in [0.05, 0.1) is 24.5 Å². The quantitative estimate of drug-likeness (QED) is 0.360. The number of nitrogens with one attached hydrogen (secondary N) is 1. The second-order valence-corrected chi connectivity index (χ2v) is 12.5. The lowest BCUT2D eigenvalue weighted by Gasteiger charge is -2.39. The highest BCUT2D eigenvalue weighted by atomic mass is 19.1. The number of hydrogen-bond acceptors (Lipinski definition) is 10. The molecule has 0 unspecified atom stereocenters. The van der Waals surface area contributed by atoms with E-state index in [9.17, 15) is 13.6 Å². The fourth-order valence-electron chi connectivity index (χ4n) is 5.83. The van der Waals surface area contributed by atoms with Crippen LogP contribution in [0.25, 0.3) is 0 Å². The second-order valence-electron chi connectivity index (χ2n) is 12.5. The maximum Gasteiger partial charge on any atom is 0.407 e. The molecule has 238 valence electrons. The average Bonchev–Trinajstić information content (AvgIpc) is 3.47. The predicted molar refractivity (Wildman–Crippen MR) is 160 cm³/mol. The van der Waals surface area contributed by atoms with Gasteiger partial charge < -0.3 is 29.1 Å². The summed E-state index contributed by atoms with van der Waals surface area (Å²) in [6.45, 7) is 11.8. The van der Waals surface area contributed by atoms with E-state index in [4.69, 9.17) is 14.0 Å². The Morgan fingerprint density at radius 2 is 1.82 bits per heavy atom. The maximum atomic E-state index is 14.8. The summed E-state index contributed by atoms with van der Waals surface area (Å²) in [5, 5.41) is 6.86. The van der Waals surface area contributed by atoms with Crippen LogP contribution in [-0.4, -0.2) is 70.1 Å². The van der Waals surface area contributed by atoms with Crippen molar-refractivity contribution in [2.75, 3.05) is 36.0 Å². The highest BCUT2D eigenvalue weighted by molar-refractivity contribution is 5.68. The number of hydrogen-bond donors (Lipinski definition) is 1. The molecule has 2 aliphatic heterocycles. The van der Waals surface area contributed by atoms with Gasteiger partial charge >= 0.3 is 12.1 Å². The van der Waals surface area contributed by atoms with Crippen molar-refractivity contribution in [2.45, 2.75) is 84.0 Å². The largest absolute Gasteiger partial charge is 0.487 e. The van der Waals surface area contributed by atoms with Gasteiger partial charge in [-0.2, -0.15) is 4.98 Å². The molecule has 2 aliphatic rings. The molecule has 0 spiro atoms. The molecule has 0 bridgehead atoms. The fraction of sp³-hybridized carbons (Fsp3) is 0.581. The Labute approximate surface area is 256 Å². The van der Waals surface area contributed by atoms with Crippen molar-refractivity contribution in [2.24, 2.45) is 5.92 Å². The van der Waals surface area contributed by atoms with E-state index >= 15 is 0 Å². The maximum absolute atomic E-state index is 14.8. The number of amides is 1. The third-order valence-corrected chi connectivity index (χ3v) is 8.14. The van der Waals surface area contributed by atoms with E-state index in [1.54, 1.807) is 33.2 Å². The minimum atomic E-state index is -0.710. The van der Waals surface area contributed by atoms with E-state index in [1.807, 2.05) is 11.8 Å². The van der Waals surface area contributed by atoms with Gasteiger partial charge in [-0.3, -0.25) is 0 Å². The van der Waals surface area contributed by atoms with Crippen LogP contribution in [0.3, 0.4) is 0 Å². The molecule has 1 amide bonds. The summed E-state index contributed by atoms with van der Waals surface area (Å²) in [7, 11) is 0. The van der Waals surface area contributed by atoms with Crippen molar-refractivity contribution in [3.05, 3.63) is 53.6 Å². The van der Waals surface area contributed by atoms with Gasteiger partial charge in [0.2, 0.25) is 5.95 Å². The molecule has 2 aromatic heterocycles. The molecule has 44 heavy (non-hydrogen) atoms. The summed E-state index contributed by atoms with van der Waals surface area (Å²) >= 11 is 0. The number of carbonyl (C=O) groups is 1. The van der Waals surface area contributed by atoms with Crippen LogP contribution in [0.15, 0.2) is 35.1 Å². The Morgan fingerprint density at radius 1 is 1.11 bits per heavy atom. The van der Waals surface area contributed by atoms with Crippen LogP contribution in [-0.2, 0) is 11.2 Å². The topological polar surface area (TPSA) is 119 Å². The Morgan fingerprint density at radius 3 is 2.48 bits per heavy atom. The molecule has 1 aromatic carbocycles. The zero-order valence-electron chi connectivity index (χ0n) is 25.9. The van der Waals surface area contributed by atoms with Gasteiger partial charge in [-0.15, -0.1) is 0 Å². The third-order valence-electron chi connectivity index (χ3n) is 8.14. The normalized spacial score (nSPS) is 20.3. The van der Waals surface area contributed by atoms with Gasteiger partial charge in [0, 0.05) is 38.5 Å². The Bertz CT molecular complexity index is 1410. The Balaban J connectivity index is 1.20. The minimum Gasteiger partial charge on any atom is -0.487 e. The van der Waals surface area contributed by atoms with Crippen LogP contribution in [0.1, 0.15) is 71.2 Å². The van der Waals surface area contributed by atoms with Crippen molar-refractivity contribution in [3.63, 3.8) is 0 Å². The molecule has 11 nitrogen and oxygen atoms in total. The van der Waals surface area contributed by atoms with E-state index in [1.165, 1.54) is 6.07 Å². The van der Waals surface area contributed by atoms with Gasteiger partial charge in [0.15, 0.2) is 11.6 Å². The summed E-state index contributed by atoms with van der Waals surface area (Å²) in [4.78, 5) is 30.2. The lowest BCUT2D eigenvalue weighted by molar-refractivity contribution is 0.0492. The lowest BCUT2D eigenvalue weighted by Crippen LogP contribution is -2.53. The SMILES string of the molecule is CCc1noc(N2CCC([C@H](C)Oc3cnc(N4CC[C@H](c5cc(F)ccc5F)[C@@H](NC(=O)OC(C)(C)C)C4)nc3)CC2)n1. The summed E-state index contributed by atoms with van der Waals surface area (Å²) in [6.07, 6.45) is 5.66. The first kappa shape index (κ1) is 31.4. The molecule has 0 aliphatic carbocycles. The zero-order valence-corrected chi connectivity index (χ0v) is 25.9. The number of aryl methyl sites for hydroxylation is 1. The third kappa shape index (κ3) is 7.72. The van der Waals surface area contributed by atoms with E-state index in [2.05, 4.69) is 37.2 Å². The number of anilines is 2. The summed E-state index contributed by atoms with van der Waals surface area (Å²) in [6, 6.07) is 3.40. The molecule has 5 rings (SSSR count). The van der Waals surface area contributed by atoms with Crippen molar-refractivity contribution in [1.29, 1.82) is 0 Å². The molecule has 0 saturated carbocycles. The van der Waals surface area contributed by atoms with Crippen molar-refractivity contribution in [1.82, 2.24) is 25.4 Å². The van der Waals surface area contributed by atoms with E-state index < -0.39 is 35.3 Å². The molecule has 4 heterocycles. The Hall–Kier alpha value is -4.03. The van der Waals surface area contributed by atoms with Gasteiger partial charge in [-0.1, -0.05) is 12.1 Å². The zero-order chi connectivity index (χ0) is 31.4. The van der Waals surface area contributed by atoms with Crippen LogP contribution < -0.4 is 19.9 Å². The van der Waals surface area contributed by atoms with Crippen LogP contribution in [0, 0.1) is 17.6 Å². The molecule has 2 fully saturated rings. The molecule has 0 radical (unpaired) electrons. The first-order valence-electron chi connectivity index (χ1n) is 15.2. The second kappa shape index (κ2) is 13.3. The van der Waals surface area contributed by atoms with Crippen molar-refractivity contribution >= 4 is 18.1 Å². The number of rotatable bonds is 8. The smallest absolute Gasteiger partial charge is 0.407 e. The number of alkyl carbamates (subject to hydrolysis) is 1. The molecular weight excluding hydrogens is 572 g/mol. The van der Waals surface area contributed by atoms with E-state index in [0.29, 0.717) is 42.4 Å². The molecule has 1 N–H and O–H groups in total. The number of nitrogens with zero attached hydrogens (tertiary/aromatic N) is 6. The van der Waals surface area contributed by atoms with Gasteiger partial charge in [0.1, 0.15) is 17.2 Å². The van der Waals surface area contributed by atoms with Crippen LogP contribution in [0.5, 0.6) is 5.75 Å². The first-order chi connectivity index (χ1) is 21.0. The summed E-state index contributed by atoms with van der Waals surface area (Å²) < 4.78 is 45.9. The summed E-state index contributed by atoms with van der Waals surface area (Å²) in [5.41, 5.74) is -0.490. The average molecular weight is 614 g/mol. The van der Waals surface area contributed by atoms with Gasteiger partial charge in [-0.05, 0) is 76.6 Å². The summed E-state index contributed by atoms with van der Waals surface area (Å²) in [5.74, 6) is 0.572.